The smallest absolute Gasteiger partial charge is 0.217 e. The Hall–Kier alpha value is -1.82. The van der Waals surface area contributed by atoms with Crippen molar-refractivity contribution in [1.82, 2.24) is 5.32 Å². The molecule has 1 rings (SSSR count). The number of hydrogen-bond acceptors (Lipinski definition) is 1. The molecule has 1 amide bonds. The van der Waals surface area contributed by atoms with E-state index in [4.69, 9.17) is 0 Å². The third-order valence-corrected chi connectivity index (χ3v) is 1.50. The quantitative estimate of drug-likeness (QED) is 0.666. The lowest BCUT2D eigenvalue weighted by Gasteiger charge is -1.92. The van der Waals surface area contributed by atoms with Gasteiger partial charge < -0.3 is 5.32 Å². The second kappa shape index (κ2) is 5.03. The van der Waals surface area contributed by atoms with Crippen molar-refractivity contribution in [3.63, 3.8) is 0 Å². The molecule has 0 aliphatic carbocycles. The molecule has 14 heavy (non-hydrogen) atoms. The molecule has 0 saturated carbocycles. The number of halogens is 1. The average molecular weight is 191 g/mol. The van der Waals surface area contributed by atoms with E-state index in [2.05, 4.69) is 17.2 Å². The molecule has 0 heterocycles. The van der Waals surface area contributed by atoms with E-state index >= 15 is 0 Å². The highest BCUT2D eigenvalue weighted by atomic mass is 19.1. The highest BCUT2D eigenvalue weighted by Gasteiger charge is 1.88. The minimum absolute atomic E-state index is 0.113. The first-order chi connectivity index (χ1) is 6.68. The fourth-order valence-electron chi connectivity index (χ4n) is 0.848. The Balaban J connectivity index is 2.51. The van der Waals surface area contributed by atoms with Gasteiger partial charge in [0.1, 0.15) is 5.82 Å². The highest BCUT2D eigenvalue weighted by molar-refractivity contribution is 5.73. The molecule has 0 saturated heterocycles. The maximum Gasteiger partial charge on any atom is 0.217 e. The molecule has 0 radical (unpaired) electrons. The van der Waals surface area contributed by atoms with E-state index in [-0.39, 0.29) is 11.7 Å². The van der Waals surface area contributed by atoms with Crippen LogP contribution in [0, 0.1) is 17.7 Å². The fourth-order valence-corrected chi connectivity index (χ4v) is 0.848. The molecule has 1 aromatic rings. The van der Waals surface area contributed by atoms with Gasteiger partial charge in [0.05, 0.1) is 6.54 Å². The van der Waals surface area contributed by atoms with E-state index in [0.717, 1.165) is 5.56 Å². The summed E-state index contributed by atoms with van der Waals surface area (Å²) in [6, 6.07) is 5.89. The number of amides is 1. The lowest BCUT2D eigenvalue weighted by atomic mass is 10.2. The second-order valence-electron chi connectivity index (χ2n) is 2.72. The van der Waals surface area contributed by atoms with Crippen LogP contribution in [0.5, 0.6) is 0 Å². The van der Waals surface area contributed by atoms with Gasteiger partial charge in [0, 0.05) is 12.5 Å². The third kappa shape index (κ3) is 3.72. The summed E-state index contributed by atoms with van der Waals surface area (Å²) in [7, 11) is 0. The molecular formula is C11H10FNO. The van der Waals surface area contributed by atoms with Gasteiger partial charge in [0.2, 0.25) is 5.91 Å². The Labute approximate surface area is 82.1 Å². The molecule has 2 nitrogen and oxygen atoms in total. The van der Waals surface area contributed by atoms with Gasteiger partial charge in [0.15, 0.2) is 0 Å². The van der Waals surface area contributed by atoms with Crippen molar-refractivity contribution in [2.45, 2.75) is 6.92 Å². The Bertz CT molecular complexity index is 373. The Kier molecular flexibility index (Phi) is 3.69. The molecule has 0 fully saturated rings. The van der Waals surface area contributed by atoms with E-state index in [0.29, 0.717) is 6.54 Å². The van der Waals surface area contributed by atoms with Crippen LogP contribution in [0.4, 0.5) is 4.39 Å². The number of nitrogens with one attached hydrogen (secondary N) is 1. The molecule has 0 spiro atoms. The van der Waals surface area contributed by atoms with Crippen molar-refractivity contribution in [2.24, 2.45) is 0 Å². The summed E-state index contributed by atoms with van der Waals surface area (Å²) in [5, 5.41) is 2.54. The van der Waals surface area contributed by atoms with Gasteiger partial charge in [-0.05, 0) is 24.3 Å². The largest absolute Gasteiger partial charge is 0.345 e. The Morgan fingerprint density at radius 1 is 1.43 bits per heavy atom. The molecule has 0 aliphatic rings. The molecule has 72 valence electrons. The molecular weight excluding hydrogens is 181 g/mol. The summed E-state index contributed by atoms with van der Waals surface area (Å²) in [6.45, 7) is 1.74. The van der Waals surface area contributed by atoms with Crippen LogP contribution < -0.4 is 5.32 Å². The molecule has 0 aliphatic heterocycles. The van der Waals surface area contributed by atoms with Crippen LogP contribution in [0.25, 0.3) is 0 Å². The van der Waals surface area contributed by atoms with Gasteiger partial charge in [-0.3, -0.25) is 4.79 Å². The van der Waals surface area contributed by atoms with E-state index in [1.165, 1.54) is 19.1 Å². The number of carbonyl (C=O) groups is 1. The molecule has 3 heteroatoms. The van der Waals surface area contributed by atoms with E-state index in [1.54, 1.807) is 12.1 Å². The lowest BCUT2D eigenvalue weighted by Crippen LogP contribution is -2.19. The van der Waals surface area contributed by atoms with Crippen LogP contribution in [0.1, 0.15) is 12.5 Å². The van der Waals surface area contributed by atoms with E-state index < -0.39 is 0 Å². The molecule has 0 aromatic heterocycles. The minimum atomic E-state index is -0.280. The number of carbonyl (C=O) groups excluding carboxylic acids is 1. The zero-order valence-electron chi connectivity index (χ0n) is 7.80. The SMILES string of the molecule is CC(=O)NCC#Cc1ccc(F)cc1. The first kappa shape index (κ1) is 10.3. The predicted molar refractivity (Wildman–Crippen MR) is 52.0 cm³/mol. The van der Waals surface area contributed by atoms with E-state index in [9.17, 15) is 9.18 Å². The topological polar surface area (TPSA) is 29.1 Å². The van der Waals surface area contributed by atoms with Gasteiger partial charge in [0.25, 0.3) is 0 Å². The average Bonchev–Trinajstić information content (AvgIpc) is 2.15. The standard InChI is InChI=1S/C11H10FNO/c1-9(14)13-8-2-3-10-4-6-11(12)7-5-10/h4-7H,8H2,1H3,(H,13,14). The normalized spacial score (nSPS) is 8.71. The Morgan fingerprint density at radius 3 is 2.64 bits per heavy atom. The summed E-state index contributed by atoms with van der Waals surface area (Å²) >= 11 is 0. The zero-order chi connectivity index (χ0) is 10.4. The van der Waals surface area contributed by atoms with Crippen molar-refractivity contribution in [3.05, 3.63) is 35.6 Å². The molecule has 0 unspecified atom stereocenters. The summed E-state index contributed by atoms with van der Waals surface area (Å²) in [5.41, 5.74) is 0.733. The third-order valence-electron chi connectivity index (χ3n) is 1.50. The zero-order valence-corrected chi connectivity index (χ0v) is 7.80. The maximum atomic E-state index is 12.5. The van der Waals surface area contributed by atoms with Crippen molar-refractivity contribution in [2.75, 3.05) is 6.54 Å². The van der Waals surface area contributed by atoms with Crippen LogP contribution in [0.3, 0.4) is 0 Å². The van der Waals surface area contributed by atoms with Crippen LogP contribution in [0.15, 0.2) is 24.3 Å². The van der Waals surface area contributed by atoms with Crippen LogP contribution >= 0.6 is 0 Å². The Morgan fingerprint density at radius 2 is 2.07 bits per heavy atom. The van der Waals surface area contributed by atoms with Crippen molar-refractivity contribution in [1.29, 1.82) is 0 Å². The maximum absolute atomic E-state index is 12.5. The first-order valence-electron chi connectivity index (χ1n) is 4.17. The molecule has 1 aromatic carbocycles. The minimum Gasteiger partial charge on any atom is -0.345 e. The van der Waals surface area contributed by atoms with Crippen LogP contribution in [-0.4, -0.2) is 12.5 Å². The molecule has 0 bridgehead atoms. The highest BCUT2D eigenvalue weighted by Crippen LogP contribution is 1.99. The lowest BCUT2D eigenvalue weighted by molar-refractivity contribution is -0.118. The van der Waals surface area contributed by atoms with Crippen molar-refractivity contribution >= 4 is 5.91 Å². The monoisotopic (exact) mass is 191 g/mol. The molecule has 0 atom stereocenters. The van der Waals surface area contributed by atoms with Gasteiger partial charge in [-0.1, -0.05) is 11.8 Å². The fraction of sp³-hybridized carbons (Fsp3) is 0.182. The molecule has 1 N–H and O–H groups in total. The summed E-state index contributed by atoms with van der Waals surface area (Å²) in [6.07, 6.45) is 0. The van der Waals surface area contributed by atoms with Crippen LogP contribution in [-0.2, 0) is 4.79 Å². The number of hydrogen-bond donors (Lipinski definition) is 1. The van der Waals surface area contributed by atoms with Gasteiger partial charge in [-0.2, -0.15) is 0 Å². The summed E-state index contributed by atoms with van der Waals surface area (Å²) in [5.74, 6) is 5.15. The van der Waals surface area contributed by atoms with Crippen molar-refractivity contribution < 1.29 is 9.18 Å². The second-order valence-corrected chi connectivity index (χ2v) is 2.72. The van der Waals surface area contributed by atoms with Crippen LogP contribution in [0.2, 0.25) is 0 Å². The summed E-state index contributed by atoms with van der Waals surface area (Å²) < 4.78 is 12.5. The summed E-state index contributed by atoms with van der Waals surface area (Å²) in [4.78, 5) is 10.5. The van der Waals surface area contributed by atoms with E-state index in [1.807, 2.05) is 0 Å². The van der Waals surface area contributed by atoms with Gasteiger partial charge in [-0.25, -0.2) is 4.39 Å². The number of rotatable bonds is 1. The number of benzene rings is 1. The first-order valence-corrected chi connectivity index (χ1v) is 4.17. The van der Waals surface area contributed by atoms with Gasteiger partial charge in [-0.15, -0.1) is 0 Å². The van der Waals surface area contributed by atoms with Gasteiger partial charge >= 0.3 is 0 Å². The van der Waals surface area contributed by atoms with Crippen molar-refractivity contribution in [3.8, 4) is 11.8 Å². The predicted octanol–water partition coefficient (Wildman–Crippen LogP) is 1.31.